The monoisotopic (exact) mass is 630 g/mol. The predicted octanol–water partition coefficient (Wildman–Crippen LogP) is 7.08. The van der Waals surface area contributed by atoms with E-state index in [0.29, 0.717) is 5.92 Å². The number of amides is 1. The third-order valence-electron chi connectivity index (χ3n) is 7.54. The third kappa shape index (κ3) is 7.95. The Morgan fingerprint density at radius 3 is 2.35 bits per heavy atom. The van der Waals surface area contributed by atoms with Crippen LogP contribution in [0.5, 0.6) is 11.6 Å². The maximum absolute atomic E-state index is 13.7. The molecule has 13 heteroatoms. The van der Waals surface area contributed by atoms with Crippen molar-refractivity contribution in [1.29, 1.82) is 0 Å². The van der Waals surface area contributed by atoms with Crippen molar-refractivity contribution in [2.75, 3.05) is 11.5 Å². The Kier molecular flexibility index (Phi) is 9.78. The molecule has 4 aromatic rings. The third-order valence-corrected chi connectivity index (χ3v) is 7.54. The van der Waals surface area contributed by atoms with Crippen LogP contribution in [0.25, 0.3) is 11.2 Å². The number of benzene rings is 2. The van der Waals surface area contributed by atoms with Gasteiger partial charge >= 0.3 is 12.1 Å². The molecule has 13 nitrogen and oxygen atoms in total. The number of esters is 1. The molecule has 0 unspecified atom stereocenters. The van der Waals surface area contributed by atoms with Gasteiger partial charge in [0, 0.05) is 12.1 Å². The van der Waals surface area contributed by atoms with Crippen LogP contribution in [-0.4, -0.2) is 48.7 Å². The summed E-state index contributed by atoms with van der Waals surface area (Å²) in [5.41, 5.74) is 1.64. The van der Waals surface area contributed by atoms with Crippen LogP contribution < -0.4 is 9.64 Å². The summed E-state index contributed by atoms with van der Waals surface area (Å²) in [5.74, 6) is 0.230. The Morgan fingerprint density at radius 2 is 1.72 bits per heavy atom. The Labute approximate surface area is 266 Å². The van der Waals surface area contributed by atoms with Crippen molar-refractivity contribution in [3.05, 3.63) is 76.1 Å². The van der Waals surface area contributed by atoms with Gasteiger partial charge in [-0.05, 0) is 69.7 Å². The molecule has 2 aromatic heterocycles. The molecular weight excluding hydrogens is 592 g/mol. The summed E-state index contributed by atoms with van der Waals surface area (Å²) in [6.45, 7) is 7.12. The van der Waals surface area contributed by atoms with Gasteiger partial charge in [-0.1, -0.05) is 43.5 Å². The number of nitrogens with zero attached hydrogens (tertiary/aromatic N) is 6. The number of rotatable bonds is 10. The highest BCUT2D eigenvalue weighted by molar-refractivity contribution is 5.88. The number of nitro benzene ring substituents is 1. The molecule has 0 aliphatic heterocycles. The largest absolute Gasteiger partial charge is 0.465 e. The Bertz CT molecular complexity index is 1690. The summed E-state index contributed by atoms with van der Waals surface area (Å²) >= 11 is 0. The van der Waals surface area contributed by atoms with Gasteiger partial charge in [0.05, 0.1) is 24.4 Å². The number of nitro groups is 1. The standard InChI is InChI=1S/C33H38N6O7/c1-5-44-27(40)20-37-21-34-28-29(37)35-31(36-30(28)45-26-17-15-25(16-18-26)39(42)43)38(32(41)46-33(2,3)4)19-22-11-13-24(14-12-22)23-9-7-6-8-10-23/h11-18,21,23H,5-10,19-20H2,1-4H3. The van der Waals surface area contributed by atoms with E-state index in [4.69, 9.17) is 14.2 Å². The van der Waals surface area contributed by atoms with Crippen molar-refractivity contribution < 1.29 is 28.7 Å². The lowest BCUT2D eigenvalue weighted by atomic mass is 9.84. The van der Waals surface area contributed by atoms with Crippen LogP contribution in [0.1, 0.15) is 76.8 Å². The zero-order valence-corrected chi connectivity index (χ0v) is 26.5. The zero-order chi connectivity index (χ0) is 32.8. The van der Waals surface area contributed by atoms with E-state index in [0.717, 1.165) is 5.56 Å². The van der Waals surface area contributed by atoms with Gasteiger partial charge in [0.2, 0.25) is 5.95 Å². The second-order valence-corrected chi connectivity index (χ2v) is 12.2. The van der Waals surface area contributed by atoms with E-state index < -0.39 is 22.6 Å². The van der Waals surface area contributed by atoms with Crippen LogP contribution in [0.15, 0.2) is 54.9 Å². The molecular formula is C33H38N6O7. The molecule has 0 bridgehead atoms. The molecule has 0 atom stereocenters. The molecule has 0 N–H and O–H groups in total. The molecule has 5 rings (SSSR count). The minimum absolute atomic E-state index is 0.0160. The number of non-ortho nitro benzene ring substituents is 1. The lowest BCUT2D eigenvalue weighted by Gasteiger charge is -2.27. The average Bonchev–Trinajstić information content (AvgIpc) is 3.42. The Morgan fingerprint density at radius 1 is 1.02 bits per heavy atom. The number of aromatic nitrogens is 4. The molecule has 242 valence electrons. The Hall–Kier alpha value is -5.07. The van der Waals surface area contributed by atoms with Gasteiger partial charge in [0.1, 0.15) is 17.9 Å². The number of imidazole rings is 1. The first kappa shape index (κ1) is 32.3. The average molecular weight is 631 g/mol. The van der Waals surface area contributed by atoms with Crippen molar-refractivity contribution in [2.45, 2.75) is 84.4 Å². The van der Waals surface area contributed by atoms with Gasteiger partial charge in [0.15, 0.2) is 11.2 Å². The van der Waals surface area contributed by atoms with Gasteiger partial charge in [-0.2, -0.15) is 9.97 Å². The molecule has 0 spiro atoms. The van der Waals surface area contributed by atoms with Gasteiger partial charge in [-0.25, -0.2) is 14.7 Å². The van der Waals surface area contributed by atoms with Gasteiger partial charge < -0.3 is 18.8 Å². The summed E-state index contributed by atoms with van der Waals surface area (Å²) in [7, 11) is 0. The Balaban J connectivity index is 1.55. The number of carbonyl (C=O) groups excluding carboxylic acids is 2. The summed E-state index contributed by atoms with van der Waals surface area (Å²) in [5, 5.41) is 11.2. The predicted molar refractivity (Wildman–Crippen MR) is 170 cm³/mol. The second kappa shape index (κ2) is 13.9. The van der Waals surface area contributed by atoms with Crippen LogP contribution in [0.3, 0.4) is 0 Å². The fourth-order valence-electron chi connectivity index (χ4n) is 5.36. The highest BCUT2D eigenvalue weighted by Gasteiger charge is 2.28. The summed E-state index contributed by atoms with van der Waals surface area (Å²) in [6.07, 6.45) is 6.82. The SMILES string of the molecule is CCOC(=O)Cn1cnc2c(Oc3ccc([N+](=O)[O-])cc3)nc(N(Cc3ccc(C4CCCCC4)cc3)C(=O)OC(C)(C)C)nc21. The number of carbonyl (C=O) groups is 2. The number of anilines is 1. The number of hydrogen-bond donors (Lipinski definition) is 0. The summed E-state index contributed by atoms with van der Waals surface area (Å²) < 4.78 is 18.4. The van der Waals surface area contributed by atoms with Crippen molar-refractivity contribution in [3.63, 3.8) is 0 Å². The molecule has 2 heterocycles. The number of ether oxygens (including phenoxy) is 3. The van der Waals surface area contributed by atoms with E-state index in [2.05, 4.69) is 27.1 Å². The van der Waals surface area contributed by atoms with E-state index in [1.807, 2.05) is 12.1 Å². The number of hydrogen-bond acceptors (Lipinski definition) is 10. The van der Waals surface area contributed by atoms with E-state index in [-0.39, 0.29) is 54.1 Å². The second-order valence-electron chi connectivity index (χ2n) is 12.2. The maximum atomic E-state index is 13.7. The minimum atomic E-state index is -0.811. The van der Waals surface area contributed by atoms with E-state index >= 15 is 0 Å². The molecule has 1 aliphatic rings. The maximum Gasteiger partial charge on any atom is 0.417 e. The molecule has 0 radical (unpaired) electrons. The van der Waals surface area contributed by atoms with Crippen molar-refractivity contribution in [2.24, 2.45) is 0 Å². The van der Waals surface area contributed by atoms with Crippen LogP contribution in [0.4, 0.5) is 16.4 Å². The smallest absolute Gasteiger partial charge is 0.417 e. The molecule has 2 aromatic carbocycles. The molecule has 1 saturated carbocycles. The van der Waals surface area contributed by atoms with E-state index in [1.54, 1.807) is 27.7 Å². The lowest BCUT2D eigenvalue weighted by molar-refractivity contribution is -0.384. The summed E-state index contributed by atoms with van der Waals surface area (Å²) in [4.78, 5) is 51.7. The van der Waals surface area contributed by atoms with E-state index in [1.165, 1.54) is 77.7 Å². The molecule has 0 saturated heterocycles. The lowest BCUT2D eigenvalue weighted by Crippen LogP contribution is -2.37. The molecule has 1 amide bonds. The fraction of sp³-hybridized carbons (Fsp3) is 0.424. The van der Waals surface area contributed by atoms with Crippen molar-refractivity contribution in [1.82, 2.24) is 19.5 Å². The van der Waals surface area contributed by atoms with E-state index in [9.17, 15) is 19.7 Å². The first-order chi connectivity index (χ1) is 22.0. The van der Waals surface area contributed by atoms with Gasteiger partial charge in [-0.15, -0.1) is 0 Å². The van der Waals surface area contributed by atoms with Gasteiger partial charge in [0.25, 0.3) is 11.6 Å². The molecule has 46 heavy (non-hydrogen) atoms. The van der Waals surface area contributed by atoms with Crippen molar-refractivity contribution >= 4 is 34.9 Å². The first-order valence-electron chi connectivity index (χ1n) is 15.4. The van der Waals surface area contributed by atoms with Crippen LogP contribution >= 0.6 is 0 Å². The number of fused-ring (bicyclic) bond motifs is 1. The fourth-order valence-corrected chi connectivity index (χ4v) is 5.36. The highest BCUT2D eigenvalue weighted by atomic mass is 16.6. The van der Waals surface area contributed by atoms with Crippen LogP contribution in [0, 0.1) is 10.1 Å². The first-order valence-corrected chi connectivity index (χ1v) is 15.4. The topological polar surface area (TPSA) is 152 Å². The van der Waals surface area contributed by atoms with Crippen LogP contribution in [-0.2, 0) is 27.4 Å². The zero-order valence-electron chi connectivity index (χ0n) is 26.5. The normalized spacial score (nSPS) is 13.7. The summed E-state index contributed by atoms with van der Waals surface area (Å²) in [6, 6.07) is 13.7. The van der Waals surface area contributed by atoms with Crippen LogP contribution in [0.2, 0.25) is 0 Å². The van der Waals surface area contributed by atoms with Crippen molar-refractivity contribution in [3.8, 4) is 11.6 Å². The minimum Gasteiger partial charge on any atom is -0.465 e. The van der Waals surface area contributed by atoms with Gasteiger partial charge in [-0.3, -0.25) is 14.9 Å². The highest BCUT2D eigenvalue weighted by Crippen LogP contribution is 2.34. The molecule has 1 aliphatic carbocycles. The quantitative estimate of drug-likeness (QED) is 0.101. The molecule has 1 fully saturated rings.